The third-order valence-corrected chi connectivity index (χ3v) is 4.11. The first-order valence-corrected chi connectivity index (χ1v) is 7.36. The highest BCUT2D eigenvalue weighted by atomic mass is 16.5. The number of imidazole rings is 1. The topological polar surface area (TPSA) is 43.2 Å². The Morgan fingerprint density at radius 2 is 2.35 bits per heavy atom. The van der Waals surface area contributed by atoms with Crippen molar-refractivity contribution in [2.45, 2.75) is 25.8 Å². The minimum atomic E-state index is 0.488. The van der Waals surface area contributed by atoms with E-state index >= 15 is 0 Å². The van der Waals surface area contributed by atoms with E-state index in [9.17, 15) is 0 Å². The van der Waals surface area contributed by atoms with Crippen molar-refractivity contribution in [3.63, 3.8) is 0 Å². The van der Waals surface area contributed by atoms with Gasteiger partial charge in [0.1, 0.15) is 11.3 Å². The summed E-state index contributed by atoms with van der Waals surface area (Å²) in [6.07, 6.45) is 3.87. The van der Waals surface area contributed by atoms with Crippen LogP contribution in [0.5, 0.6) is 0 Å². The van der Waals surface area contributed by atoms with Crippen LogP contribution in [-0.2, 0) is 11.2 Å². The Bertz CT molecular complexity index is 580. The number of aromatic nitrogens is 3. The van der Waals surface area contributed by atoms with Crippen LogP contribution < -0.4 is 0 Å². The summed E-state index contributed by atoms with van der Waals surface area (Å²) in [6, 6.07) is 4.48. The molecular weight excluding hydrogens is 252 g/mol. The van der Waals surface area contributed by atoms with Crippen molar-refractivity contribution in [3.8, 4) is 0 Å². The summed E-state index contributed by atoms with van der Waals surface area (Å²) in [5.74, 6) is 1.10. The predicted octanol–water partition coefficient (Wildman–Crippen LogP) is 1.89. The molecule has 0 spiro atoms. The fourth-order valence-corrected chi connectivity index (χ4v) is 3.04. The van der Waals surface area contributed by atoms with Gasteiger partial charge < -0.3 is 14.2 Å². The van der Waals surface area contributed by atoms with Gasteiger partial charge in [0.15, 0.2) is 5.65 Å². The van der Waals surface area contributed by atoms with E-state index in [1.54, 1.807) is 7.11 Å². The lowest BCUT2D eigenvalue weighted by molar-refractivity contribution is 0.199. The number of hydrogen-bond acceptors (Lipinski definition) is 4. The largest absolute Gasteiger partial charge is 0.384 e. The van der Waals surface area contributed by atoms with Crippen LogP contribution >= 0.6 is 0 Å². The normalized spacial score (nSPS) is 20.0. The first-order chi connectivity index (χ1) is 9.83. The van der Waals surface area contributed by atoms with E-state index in [1.165, 1.54) is 6.42 Å². The van der Waals surface area contributed by atoms with E-state index in [0.717, 1.165) is 43.0 Å². The van der Waals surface area contributed by atoms with Crippen LogP contribution in [0.4, 0.5) is 0 Å². The van der Waals surface area contributed by atoms with Gasteiger partial charge in [-0.1, -0.05) is 6.92 Å². The molecule has 1 aliphatic rings. The molecule has 1 saturated heterocycles. The molecule has 0 amide bonds. The van der Waals surface area contributed by atoms with E-state index in [0.29, 0.717) is 12.6 Å². The number of hydrogen-bond donors (Lipinski definition) is 0. The standard InChI is InChI=1S/C15H22N4O/c1-3-18-9-6-12(11-18)19-14(7-10-20-2)17-13-5-4-8-16-15(13)19/h4-5,8,12H,3,6-7,9-11H2,1-2H3. The van der Waals surface area contributed by atoms with Crippen LogP contribution in [-0.4, -0.2) is 52.8 Å². The number of fused-ring (bicyclic) bond motifs is 1. The number of nitrogens with zero attached hydrogens (tertiary/aromatic N) is 4. The molecule has 108 valence electrons. The second-order valence-corrected chi connectivity index (χ2v) is 5.32. The average molecular weight is 274 g/mol. The van der Waals surface area contributed by atoms with Crippen molar-refractivity contribution < 1.29 is 4.74 Å². The van der Waals surface area contributed by atoms with E-state index in [-0.39, 0.29) is 0 Å². The van der Waals surface area contributed by atoms with Crippen LogP contribution in [0.15, 0.2) is 18.3 Å². The summed E-state index contributed by atoms with van der Waals surface area (Å²) >= 11 is 0. The summed E-state index contributed by atoms with van der Waals surface area (Å²) in [7, 11) is 1.74. The zero-order chi connectivity index (χ0) is 13.9. The Balaban J connectivity index is 1.98. The summed E-state index contributed by atoms with van der Waals surface area (Å²) in [6.45, 7) is 6.30. The minimum absolute atomic E-state index is 0.488. The lowest BCUT2D eigenvalue weighted by Crippen LogP contribution is -2.22. The van der Waals surface area contributed by atoms with Crippen LogP contribution in [0.3, 0.4) is 0 Å². The van der Waals surface area contributed by atoms with Gasteiger partial charge in [-0.05, 0) is 25.1 Å². The highest BCUT2D eigenvalue weighted by Crippen LogP contribution is 2.27. The van der Waals surface area contributed by atoms with E-state index in [1.807, 2.05) is 18.3 Å². The summed E-state index contributed by atoms with van der Waals surface area (Å²) < 4.78 is 7.55. The molecule has 1 fully saturated rings. The average Bonchev–Trinajstić information content (AvgIpc) is 3.08. The third kappa shape index (κ3) is 2.43. The number of methoxy groups -OCH3 is 1. The van der Waals surface area contributed by atoms with Crippen molar-refractivity contribution in [1.29, 1.82) is 0 Å². The third-order valence-electron chi connectivity index (χ3n) is 4.11. The molecule has 3 rings (SSSR count). The molecule has 5 nitrogen and oxygen atoms in total. The summed E-state index contributed by atoms with van der Waals surface area (Å²) in [5, 5.41) is 0. The van der Waals surface area contributed by atoms with Crippen molar-refractivity contribution >= 4 is 11.2 Å². The van der Waals surface area contributed by atoms with E-state index < -0.39 is 0 Å². The molecule has 0 aromatic carbocycles. The molecule has 0 saturated carbocycles. The highest BCUT2D eigenvalue weighted by Gasteiger charge is 2.26. The van der Waals surface area contributed by atoms with Gasteiger partial charge in [-0.25, -0.2) is 9.97 Å². The molecule has 1 atom stereocenters. The molecular formula is C15H22N4O. The van der Waals surface area contributed by atoms with Crippen molar-refractivity contribution in [2.24, 2.45) is 0 Å². The molecule has 2 aromatic rings. The molecule has 0 bridgehead atoms. The molecule has 3 heterocycles. The van der Waals surface area contributed by atoms with Crippen LogP contribution in [0.1, 0.15) is 25.2 Å². The molecule has 0 N–H and O–H groups in total. The van der Waals surface area contributed by atoms with Crippen LogP contribution in [0.25, 0.3) is 11.2 Å². The number of pyridine rings is 1. The SMILES string of the molecule is CCN1CCC(n2c(CCOC)nc3cccnc32)C1. The van der Waals surface area contributed by atoms with Gasteiger partial charge in [0.05, 0.1) is 12.6 Å². The molecule has 1 unspecified atom stereocenters. The maximum absolute atomic E-state index is 5.22. The molecule has 2 aromatic heterocycles. The Kier molecular flexibility index (Phi) is 3.98. The van der Waals surface area contributed by atoms with Gasteiger partial charge in [-0.15, -0.1) is 0 Å². The van der Waals surface area contributed by atoms with E-state index in [2.05, 4.69) is 21.4 Å². The summed E-state index contributed by atoms with van der Waals surface area (Å²) in [5.41, 5.74) is 2.01. The van der Waals surface area contributed by atoms with Crippen molar-refractivity contribution in [1.82, 2.24) is 19.4 Å². The molecule has 0 aliphatic carbocycles. The zero-order valence-electron chi connectivity index (χ0n) is 12.2. The van der Waals surface area contributed by atoms with Gasteiger partial charge in [-0.3, -0.25) is 0 Å². The second-order valence-electron chi connectivity index (χ2n) is 5.32. The molecule has 20 heavy (non-hydrogen) atoms. The van der Waals surface area contributed by atoms with Gasteiger partial charge >= 0.3 is 0 Å². The maximum Gasteiger partial charge on any atom is 0.160 e. The number of likely N-dealkylation sites (N-methyl/N-ethyl adjacent to an activating group) is 1. The lowest BCUT2D eigenvalue weighted by atomic mass is 10.2. The number of rotatable bonds is 5. The monoisotopic (exact) mass is 274 g/mol. The first-order valence-electron chi connectivity index (χ1n) is 7.36. The first kappa shape index (κ1) is 13.5. The number of ether oxygens (including phenoxy) is 1. The Labute approximate surface area is 119 Å². The van der Waals surface area contributed by atoms with Crippen LogP contribution in [0.2, 0.25) is 0 Å². The Morgan fingerprint density at radius 1 is 1.45 bits per heavy atom. The maximum atomic E-state index is 5.22. The van der Waals surface area contributed by atoms with Crippen molar-refractivity contribution in [2.75, 3.05) is 33.4 Å². The summed E-state index contributed by atoms with van der Waals surface area (Å²) in [4.78, 5) is 11.8. The van der Waals surface area contributed by atoms with Gasteiger partial charge in [0, 0.05) is 32.8 Å². The van der Waals surface area contributed by atoms with E-state index in [4.69, 9.17) is 9.72 Å². The highest BCUT2D eigenvalue weighted by molar-refractivity contribution is 5.71. The van der Waals surface area contributed by atoms with Gasteiger partial charge in [-0.2, -0.15) is 0 Å². The predicted molar refractivity (Wildman–Crippen MR) is 78.9 cm³/mol. The Hall–Kier alpha value is -1.46. The van der Waals surface area contributed by atoms with Crippen LogP contribution in [0, 0.1) is 0 Å². The minimum Gasteiger partial charge on any atom is -0.384 e. The Morgan fingerprint density at radius 3 is 3.10 bits per heavy atom. The lowest BCUT2D eigenvalue weighted by Gasteiger charge is -2.17. The molecule has 1 aliphatic heterocycles. The molecule has 5 heteroatoms. The fourth-order valence-electron chi connectivity index (χ4n) is 3.04. The second kappa shape index (κ2) is 5.89. The van der Waals surface area contributed by atoms with Gasteiger partial charge in [0.2, 0.25) is 0 Å². The fraction of sp³-hybridized carbons (Fsp3) is 0.600. The quantitative estimate of drug-likeness (QED) is 0.835. The van der Waals surface area contributed by atoms with Gasteiger partial charge in [0.25, 0.3) is 0 Å². The number of likely N-dealkylation sites (tertiary alicyclic amines) is 1. The van der Waals surface area contributed by atoms with Crippen molar-refractivity contribution in [3.05, 3.63) is 24.2 Å². The smallest absolute Gasteiger partial charge is 0.160 e. The zero-order valence-corrected chi connectivity index (χ0v) is 12.2. The molecule has 0 radical (unpaired) electrons.